The summed E-state index contributed by atoms with van der Waals surface area (Å²) in [4.78, 5) is 11.7. The summed E-state index contributed by atoms with van der Waals surface area (Å²) in [5.41, 5.74) is 0.710. The van der Waals surface area contributed by atoms with Crippen LogP contribution in [0, 0.1) is 5.92 Å². The first-order valence-electron chi connectivity index (χ1n) is 5.53. The third-order valence-corrected chi connectivity index (χ3v) is 3.13. The fourth-order valence-electron chi connectivity index (χ4n) is 1.91. The minimum absolute atomic E-state index is 0.0362. The van der Waals surface area contributed by atoms with Gasteiger partial charge in [0.15, 0.2) is 5.78 Å². The van der Waals surface area contributed by atoms with Gasteiger partial charge in [-0.1, -0.05) is 49.6 Å². The first kappa shape index (κ1) is 10.4. The number of hydrogen-bond acceptors (Lipinski definition) is 2. The van der Waals surface area contributed by atoms with Crippen molar-refractivity contribution >= 4 is 5.78 Å². The van der Waals surface area contributed by atoms with Crippen molar-refractivity contribution in [3.63, 3.8) is 0 Å². The zero-order chi connectivity index (χ0) is 10.7. The zero-order valence-electron chi connectivity index (χ0n) is 8.73. The first-order valence-corrected chi connectivity index (χ1v) is 5.53. The highest BCUT2D eigenvalue weighted by Gasteiger charge is 2.25. The number of hydrogen-bond donors (Lipinski definition) is 1. The molecule has 0 amide bonds. The first-order chi connectivity index (χ1) is 7.27. The molecule has 1 aromatic rings. The smallest absolute Gasteiger partial charge is 0.166 e. The van der Waals surface area contributed by atoms with Gasteiger partial charge in [0, 0.05) is 6.42 Å². The van der Waals surface area contributed by atoms with E-state index in [0.717, 1.165) is 12.8 Å². The molecule has 0 saturated heterocycles. The molecule has 1 saturated carbocycles. The van der Waals surface area contributed by atoms with E-state index < -0.39 is 6.10 Å². The van der Waals surface area contributed by atoms with E-state index in [1.807, 2.05) is 18.2 Å². The Bertz CT molecular complexity index is 328. The lowest BCUT2D eigenvalue weighted by atomic mass is 9.80. The Morgan fingerprint density at radius 2 is 2.00 bits per heavy atom. The van der Waals surface area contributed by atoms with E-state index >= 15 is 0 Å². The molecule has 2 rings (SSSR count). The van der Waals surface area contributed by atoms with Gasteiger partial charge in [-0.15, -0.1) is 0 Å². The van der Waals surface area contributed by atoms with E-state index in [0.29, 0.717) is 17.9 Å². The highest BCUT2D eigenvalue weighted by molar-refractivity contribution is 5.84. The molecule has 1 aliphatic rings. The molecule has 0 aliphatic heterocycles. The number of aliphatic hydroxyl groups excluding tert-OH is 1. The van der Waals surface area contributed by atoms with Crippen LogP contribution in [0.2, 0.25) is 0 Å². The Hall–Kier alpha value is -1.15. The molecule has 2 nitrogen and oxygen atoms in total. The van der Waals surface area contributed by atoms with Crippen LogP contribution in [0.4, 0.5) is 0 Å². The van der Waals surface area contributed by atoms with Crippen molar-refractivity contribution in [2.24, 2.45) is 5.92 Å². The van der Waals surface area contributed by atoms with Crippen molar-refractivity contribution in [2.75, 3.05) is 0 Å². The number of aliphatic hydroxyl groups is 1. The van der Waals surface area contributed by atoms with Gasteiger partial charge in [0.25, 0.3) is 0 Å². The molecule has 0 heterocycles. The molecule has 1 unspecified atom stereocenters. The van der Waals surface area contributed by atoms with Crippen molar-refractivity contribution in [3.05, 3.63) is 35.9 Å². The fourth-order valence-corrected chi connectivity index (χ4v) is 1.91. The summed E-state index contributed by atoms with van der Waals surface area (Å²) in [6.45, 7) is 0. The minimum Gasteiger partial charge on any atom is -0.381 e. The fraction of sp³-hybridized carbons (Fsp3) is 0.462. The molecule has 1 atom stereocenters. The van der Waals surface area contributed by atoms with Crippen molar-refractivity contribution in [3.8, 4) is 0 Å². The van der Waals surface area contributed by atoms with E-state index in [4.69, 9.17) is 0 Å². The summed E-state index contributed by atoms with van der Waals surface area (Å²) in [6.07, 6.45) is 3.14. The van der Waals surface area contributed by atoms with E-state index in [2.05, 4.69) is 0 Å². The topological polar surface area (TPSA) is 37.3 Å². The molecule has 2 heteroatoms. The van der Waals surface area contributed by atoms with Crippen molar-refractivity contribution in [1.82, 2.24) is 0 Å². The number of carbonyl (C=O) groups excluding carboxylic acids is 1. The maximum atomic E-state index is 11.7. The number of Topliss-reactive ketones (excluding diaryl/α,β-unsaturated/α-hetero) is 1. The SMILES string of the molecule is O=C(CC1CCC1)C(O)c1ccccc1. The molecule has 80 valence electrons. The highest BCUT2D eigenvalue weighted by atomic mass is 16.3. The molecule has 1 aromatic carbocycles. The van der Waals surface area contributed by atoms with Crippen LogP contribution < -0.4 is 0 Å². The van der Waals surface area contributed by atoms with Crippen LogP contribution in [-0.2, 0) is 4.79 Å². The predicted octanol–water partition coefficient (Wildman–Crippen LogP) is 2.48. The van der Waals surface area contributed by atoms with E-state index in [9.17, 15) is 9.90 Å². The maximum Gasteiger partial charge on any atom is 0.166 e. The molecular weight excluding hydrogens is 188 g/mol. The van der Waals surface area contributed by atoms with Crippen LogP contribution in [-0.4, -0.2) is 10.9 Å². The van der Waals surface area contributed by atoms with Crippen LogP contribution in [0.25, 0.3) is 0 Å². The van der Waals surface area contributed by atoms with E-state index in [-0.39, 0.29) is 5.78 Å². The third kappa shape index (κ3) is 2.45. The Morgan fingerprint density at radius 3 is 2.53 bits per heavy atom. The van der Waals surface area contributed by atoms with Crippen LogP contribution in [0.15, 0.2) is 30.3 Å². The van der Waals surface area contributed by atoms with Crippen molar-refractivity contribution in [1.29, 1.82) is 0 Å². The Balaban J connectivity index is 1.94. The molecule has 1 N–H and O–H groups in total. The van der Waals surface area contributed by atoms with Crippen LogP contribution in [0.5, 0.6) is 0 Å². The molecular formula is C13H16O2. The van der Waals surface area contributed by atoms with Gasteiger partial charge in [-0.3, -0.25) is 4.79 Å². The number of carbonyl (C=O) groups is 1. The second-order valence-corrected chi connectivity index (χ2v) is 4.28. The van der Waals surface area contributed by atoms with E-state index in [1.54, 1.807) is 12.1 Å². The van der Waals surface area contributed by atoms with Gasteiger partial charge >= 0.3 is 0 Å². The Morgan fingerprint density at radius 1 is 1.33 bits per heavy atom. The normalized spacial score (nSPS) is 18.2. The summed E-state index contributed by atoms with van der Waals surface area (Å²) in [5, 5.41) is 9.81. The van der Waals surface area contributed by atoms with Crippen LogP contribution >= 0.6 is 0 Å². The maximum absolute atomic E-state index is 11.7. The lowest BCUT2D eigenvalue weighted by Gasteiger charge is -2.25. The van der Waals surface area contributed by atoms with Gasteiger partial charge in [-0.2, -0.15) is 0 Å². The molecule has 15 heavy (non-hydrogen) atoms. The van der Waals surface area contributed by atoms with E-state index in [1.165, 1.54) is 6.42 Å². The summed E-state index contributed by atoms with van der Waals surface area (Å²) in [7, 11) is 0. The van der Waals surface area contributed by atoms with Gasteiger partial charge in [0.2, 0.25) is 0 Å². The second kappa shape index (κ2) is 4.58. The standard InChI is InChI=1S/C13H16O2/c14-12(9-10-5-4-6-10)13(15)11-7-2-1-3-8-11/h1-3,7-8,10,13,15H,4-6,9H2. The summed E-state index contributed by atoms with van der Waals surface area (Å²) in [5.74, 6) is 0.488. The van der Waals surface area contributed by atoms with Gasteiger partial charge in [-0.05, 0) is 11.5 Å². The second-order valence-electron chi connectivity index (χ2n) is 4.28. The number of rotatable bonds is 4. The molecule has 1 fully saturated rings. The molecule has 0 aromatic heterocycles. The van der Waals surface area contributed by atoms with Crippen LogP contribution in [0.1, 0.15) is 37.4 Å². The van der Waals surface area contributed by atoms with Gasteiger partial charge in [0.05, 0.1) is 0 Å². The van der Waals surface area contributed by atoms with Gasteiger partial charge < -0.3 is 5.11 Å². The minimum atomic E-state index is -0.924. The van der Waals surface area contributed by atoms with Gasteiger partial charge in [-0.25, -0.2) is 0 Å². The molecule has 0 radical (unpaired) electrons. The number of ketones is 1. The average Bonchev–Trinajstić information content (AvgIpc) is 2.23. The monoisotopic (exact) mass is 204 g/mol. The lowest BCUT2D eigenvalue weighted by molar-refractivity contribution is -0.129. The zero-order valence-corrected chi connectivity index (χ0v) is 8.73. The third-order valence-electron chi connectivity index (χ3n) is 3.13. The number of benzene rings is 1. The predicted molar refractivity (Wildman–Crippen MR) is 58.4 cm³/mol. The van der Waals surface area contributed by atoms with Crippen molar-refractivity contribution in [2.45, 2.75) is 31.8 Å². The summed E-state index contributed by atoms with van der Waals surface area (Å²) < 4.78 is 0. The quantitative estimate of drug-likeness (QED) is 0.818. The molecule has 0 spiro atoms. The van der Waals surface area contributed by atoms with Crippen molar-refractivity contribution < 1.29 is 9.90 Å². The summed E-state index contributed by atoms with van der Waals surface area (Å²) >= 11 is 0. The largest absolute Gasteiger partial charge is 0.381 e. The molecule has 0 bridgehead atoms. The Kier molecular flexibility index (Phi) is 3.17. The summed E-state index contributed by atoms with van der Waals surface area (Å²) in [6, 6.07) is 9.16. The van der Waals surface area contributed by atoms with Crippen LogP contribution in [0.3, 0.4) is 0 Å². The lowest BCUT2D eigenvalue weighted by Crippen LogP contribution is -2.20. The van der Waals surface area contributed by atoms with Gasteiger partial charge in [0.1, 0.15) is 6.10 Å². The average molecular weight is 204 g/mol. The highest BCUT2D eigenvalue weighted by Crippen LogP contribution is 2.31. The molecule has 1 aliphatic carbocycles. The Labute approximate surface area is 89.9 Å².